The molecular weight excluding hydrogens is 224 g/mol. The smallest absolute Gasteiger partial charge is 0.306 e. The fourth-order valence-corrected chi connectivity index (χ4v) is 1.38. The molecule has 5 nitrogen and oxygen atoms in total. The number of aliphatic hydroxyl groups is 1. The maximum atomic E-state index is 10.6. The van der Waals surface area contributed by atoms with E-state index in [0.29, 0.717) is 19.6 Å². The normalized spacial score (nSPS) is 12.8. The van der Waals surface area contributed by atoms with Crippen LogP contribution in [0.25, 0.3) is 0 Å². The van der Waals surface area contributed by atoms with Crippen LogP contribution in [0.5, 0.6) is 0 Å². The van der Waals surface area contributed by atoms with Gasteiger partial charge in [0, 0.05) is 0 Å². The van der Waals surface area contributed by atoms with Crippen LogP contribution in [0.2, 0.25) is 0 Å². The molecular formula is C12H24O5. The molecule has 0 saturated carbocycles. The van der Waals surface area contributed by atoms with Crippen LogP contribution in [0.1, 0.15) is 40.5 Å². The van der Waals surface area contributed by atoms with Crippen molar-refractivity contribution in [3.63, 3.8) is 0 Å². The minimum Gasteiger partial charge on any atom is -0.481 e. The van der Waals surface area contributed by atoms with Crippen LogP contribution in [-0.2, 0) is 14.3 Å². The lowest BCUT2D eigenvalue weighted by atomic mass is 10.0. The van der Waals surface area contributed by atoms with Crippen molar-refractivity contribution in [2.45, 2.75) is 51.7 Å². The zero-order valence-electron chi connectivity index (χ0n) is 11.2. The van der Waals surface area contributed by atoms with Crippen LogP contribution in [0.3, 0.4) is 0 Å². The van der Waals surface area contributed by atoms with Gasteiger partial charge in [0.25, 0.3) is 0 Å². The molecule has 0 aromatic heterocycles. The van der Waals surface area contributed by atoms with E-state index in [1.54, 1.807) is 13.8 Å². The number of carboxylic acid groups (broad SMARTS) is 1. The van der Waals surface area contributed by atoms with Crippen molar-refractivity contribution >= 4 is 5.97 Å². The van der Waals surface area contributed by atoms with Crippen LogP contribution in [0.4, 0.5) is 0 Å². The van der Waals surface area contributed by atoms with Crippen LogP contribution < -0.4 is 0 Å². The fraction of sp³-hybridized carbons (Fsp3) is 0.917. The van der Waals surface area contributed by atoms with E-state index in [2.05, 4.69) is 0 Å². The summed E-state index contributed by atoms with van der Waals surface area (Å²) in [7, 11) is 0. The lowest BCUT2D eigenvalue weighted by Crippen LogP contribution is -2.32. The summed E-state index contributed by atoms with van der Waals surface area (Å²) in [4.78, 5) is 10.6. The van der Waals surface area contributed by atoms with Gasteiger partial charge in [-0.2, -0.15) is 0 Å². The van der Waals surface area contributed by atoms with E-state index >= 15 is 0 Å². The highest BCUT2D eigenvalue weighted by Gasteiger charge is 2.24. The molecule has 0 bridgehead atoms. The first-order valence-corrected chi connectivity index (χ1v) is 5.79. The highest BCUT2D eigenvalue weighted by atomic mass is 16.5. The Bertz CT molecular complexity index is 235. The van der Waals surface area contributed by atoms with Gasteiger partial charge in [0.2, 0.25) is 0 Å². The molecule has 0 radical (unpaired) electrons. The Kier molecular flexibility index (Phi) is 6.67. The molecule has 0 atom stereocenters. The quantitative estimate of drug-likeness (QED) is 0.645. The zero-order valence-corrected chi connectivity index (χ0v) is 11.2. The molecule has 0 aliphatic heterocycles. The Labute approximate surface area is 103 Å². The van der Waals surface area contributed by atoms with E-state index in [9.17, 15) is 4.79 Å². The van der Waals surface area contributed by atoms with Crippen LogP contribution >= 0.6 is 0 Å². The largest absolute Gasteiger partial charge is 0.481 e. The lowest BCUT2D eigenvalue weighted by molar-refractivity contribution is -0.144. The van der Waals surface area contributed by atoms with Crippen molar-refractivity contribution in [3.8, 4) is 0 Å². The van der Waals surface area contributed by atoms with Crippen molar-refractivity contribution in [3.05, 3.63) is 0 Å². The van der Waals surface area contributed by atoms with E-state index in [0.717, 1.165) is 0 Å². The first-order chi connectivity index (χ1) is 7.68. The SMILES string of the molecule is CC(C)(CCOC(C)(C)CC(=O)O)OCCO. The van der Waals surface area contributed by atoms with Gasteiger partial charge < -0.3 is 19.7 Å². The van der Waals surface area contributed by atoms with Gasteiger partial charge in [-0.05, 0) is 34.1 Å². The Morgan fingerprint density at radius 1 is 1.06 bits per heavy atom. The topological polar surface area (TPSA) is 76.0 Å². The summed E-state index contributed by atoms with van der Waals surface area (Å²) < 4.78 is 11.0. The number of aliphatic carboxylic acids is 1. The van der Waals surface area contributed by atoms with Gasteiger partial charge in [0.05, 0.1) is 37.4 Å². The minimum atomic E-state index is -0.870. The molecule has 0 aliphatic rings. The third-order valence-electron chi connectivity index (χ3n) is 2.36. The molecule has 0 spiro atoms. The van der Waals surface area contributed by atoms with Gasteiger partial charge >= 0.3 is 5.97 Å². The predicted molar refractivity (Wildman–Crippen MR) is 64.0 cm³/mol. The number of aliphatic hydroxyl groups excluding tert-OH is 1. The second-order valence-electron chi connectivity index (χ2n) is 5.26. The standard InChI is InChI=1S/C12H24O5/c1-11(2,17-8-6-13)5-7-16-12(3,4)9-10(14)15/h13H,5-9H2,1-4H3,(H,14,15). The molecule has 2 N–H and O–H groups in total. The maximum absolute atomic E-state index is 10.6. The molecule has 0 aliphatic carbocycles. The molecule has 0 aromatic carbocycles. The van der Waals surface area contributed by atoms with Gasteiger partial charge in [-0.3, -0.25) is 4.79 Å². The minimum absolute atomic E-state index is 0.00516. The molecule has 0 amide bonds. The van der Waals surface area contributed by atoms with E-state index < -0.39 is 11.6 Å². The van der Waals surface area contributed by atoms with Crippen molar-refractivity contribution in [1.82, 2.24) is 0 Å². The number of hydrogen-bond donors (Lipinski definition) is 2. The summed E-state index contributed by atoms with van der Waals surface area (Å²) in [6.45, 7) is 8.05. The molecule has 0 aromatic rings. The highest BCUT2D eigenvalue weighted by molar-refractivity contribution is 5.67. The molecule has 5 heteroatoms. The van der Waals surface area contributed by atoms with Gasteiger partial charge in [-0.1, -0.05) is 0 Å². The molecule has 0 heterocycles. The number of carboxylic acids is 1. The van der Waals surface area contributed by atoms with Gasteiger partial charge in [-0.25, -0.2) is 0 Å². The lowest BCUT2D eigenvalue weighted by Gasteiger charge is -2.28. The summed E-state index contributed by atoms with van der Waals surface area (Å²) >= 11 is 0. The first kappa shape index (κ1) is 16.4. The second kappa shape index (κ2) is 6.93. The Morgan fingerprint density at radius 2 is 1.59 bits per heavy atom. The number of rotatable bonds is 9. The average Bonchev–Trinajstić information content (AvgIpc) is 2.11. The van der Waals surface area contributed by atoms with Crippen molar-refractivity contribution in [1.29, 1.82) is 0 Å². The summed E-state index contributed by atoms with van der Waals surface area (Å²) in [6, 6.07) is 0. The summed E-state index contributed by atoms with van der Waals surface area (Å²) in [5.41, 5.74) is -1.04. The average molecular weight is 248 g/mol. The maximum Gasteiger partial charge on any atom is 0.306 e. The van der Waals surface area contributed by atoms with E-state index in [1.807, 2.05) is 13.8 Å². The molecule has 0 unspecified atom stereocenters. The monoisotopic (exact) mass is 248 g/mol. The summed E-state index contributed by atoms with van der Waals surface area (Å²) in [5, 5.41) is 17.4. The summed E-state index contributed by atoms with van der Waals surface area (Å²) in [6.07, 6.45) is 0.626. The number of carbonyl (C=O) groups is 1. The second-order valence-corrected chi connectivity index (χ2v) is 5.26. The van der Waals surface area contributed by atoms with Crippen molar-refractivity contribution in [2.24, 2.45) is 0 Å². The Hall–Kier alpha value is -0.650. The first-order valence-electron chi connectivity index (χ1n) is 5.79. The van der Waals surface area contributed by atoms with E-state index in [4.69, 9.17) is 19.7 Å². The third-order valence-corrected chi connectivity index (χ3v) is 2.36. The Balaban J connectivity index is 3.92. The fourth-order valence-electron chi connectivity index (χ4n) is 1.38. The van der Waals surface area contributed by atoms with E-state index in [1.165, 1.54) is 0 Å². The molecule has 0 rings (SSSR count). The molecule has 17 heavy (non-hydrogen) atoms. The van der Waals surface area contributed by atoms with Gasteiger partial charge in [0.1, 0.15) is 0 Å². The molecule has 0 fully saturated rings. The van der Waals surface area contributed by atoms with Crippen LogP contribution in [0, 0.1) is 0 Å². The van der Waals surface area contributed by atoms with Gasteiger partial charge in [0.15, 0.2) is 0 Å². The summed E-state index contributed by atoms with van der Waals surface area (Å²) in [5.74, 6) is -0.870. The van der Waals surface area contributed by atoms with Crippen LogP contribution in [-0.4, -0.2) is 47.2 Å². The molecule has 102 valence electrons. The molecule has 0 saturated heterocycles. The number of hydrogen-bond acceptors (Lipinski definition) is 4. The van der Waals surface area contributed by atoms with Gasteiger partial charge in [-0.15, -0.1) is 0 Å². The highest BCUT2D eigenvalue weighted by Crippen LogP contribution is 2.19. The van der Waals surface area contributed by atoms with Crippen LogP contribution in [0.15, 0.2) is 0 Å². The van der Waals surface area contributed by atoms with Crippen molar-refractivity contribution < 1.29 is 24.5 Å². The van der Waals surface area contributed by atoms with Crippen molar-refractivity contribution in [2.75, 3.05) is 19.8 Å². The third kappa shape index (κ3) is 9.09. The zero-order chi connectivity index (χ0) is 13.5. The van der Waals surface area contributed by atoms with E-state index in [-0.39, 0.29) is 18.6 Å². The number of ether oxygens (including phenoxy) is 2. The predicted octanol–water partition coefficient (Wildman–Crippen LogP) is 1.43. The Morgan fingerprint density at radius 3 is 2.06 bits per heavy atom.